The van der Waals surface area contributed by atoms with Crippen molar-refractivity contribution < 1.29 is 27.5 Å². The van der Waals surface area contributed by atoms with E-state index in [9.17, 15) is 22.8 Å². The molecule has 1 atom stereocenters. The van der Waals surface area contributed by atoms with Crippen LogP contribution in [-0.2, 0) is 4.79 Å². The number of piperidine rings is 2. The molecule has 2 aromatic carbocycles. The van der Waals surface area contributed by atoms with Crippen LogP contribution in [0, 0.1) is 22.9 Å². The smallest absolute Gasteiger partial charge is 0.259 e. The third-order valence-electron chi connectivity index (χ3n) is 6.72. The summed E-state index contributed by atoms with van der Waals surface area (Å²) in [4.78, 5) is 29.5. The molecule has 8 heteroatoms. The fraction of sp³-hybridized carbons (Fsp3) is 0.462. The Morgan fingerprint density at radius 1 is 0.853 bits per heavy atom. The minimum Gasteiger partial charge on any atom is -0.493 e. The molecule has 0 radical (unpaired) electrons. The molecule has 0 bridgehead atoms. The van der Waals surface area contributed by atoms with E-state index in [1.807, 2.05) is 4.90 Å². The Kier molecular flexibility index (Phi) is 7.44. The Bertz CT molecular complexity index is 1000. The lowest BCUT2D eigenvalue weighted by Crippen LogP contribution is -2.51. The number of hydrogen-bond donors (Lipinski definition) is 0. The minimum atomic E-state index is -0.909. The lowest BCUT2D eigenvalue weighted by atomic mass is 9.77. The number of ether oxygens (including phenoxy) is 1. The molecule has 2 amide bonds. The lowest BCUT2D eigenvalue weighted by Gasteiger charge is -2.43. The summed E-state index contributed by atoms with van der Waals surface area (Å²) in [6.45, 7) is 2.01. The van der Waals surface area contributed by atoms with E-state index >= 15 is 0 Å². The summed E-state index contributed by atoms with van der Waals surface area (Å²) in [5.41, 5.74) is -1.31. The highest BCUT2D eigenvalue weighted by Gasteiger charge is 2.42. The van der Waals surface area contributed by atoms with E-state index in [0.717, 1.165) is 31.4 Å². The van der Waals surface area contributed by atoms with Crippen LogP contribution >= 0.6 is 0 Å². The number of likely N-dealkylation sites (tertiary alicyclic amines) is 2. The summed E-state index contributed by atoms with van der Waals surface area (Å²) >= 11 is 0. The highest BCUT2D eigenvalue weighted by molar-refractivity contribution is 5.95. The van der Waals surface area contributed by atoms with E-state index in [0.29, 0.717) is 38.2 Å². The van der Waals surface area contributed by atoms with Gasteiger partial charge in [-0.05, 0) is 68.5 Å². The topological polar surface area (TPSA) is 49.9 Å². The molecule has 0 saturated carbocycles. The fourth-order valence-electron chi connectivity index (χ4n) is 4.90. The highest BCUT2D eigenvalue weighted by atomic mass is 19.1. The molecule has 0 spiro atoms. The number of carbonyl (C=O) groups is 2. The number of halogens is 3. The quantitative estimate of drug-likeness (QED) is 0.604. The summed E-state index contributed by atoms with van der Waals surface area (Å²) in [5, 5.41) is 0. The Morgan fingerprint density at radius 3 is 2.18 bits per heavy atom. The van der Waals surface area contributed by atoms with Gasteiger partial charge in [-0.25, -0.2) is 13.2 Å². The van der Waals surface area contributed by atoms with Crippen LogP contribution in [0.2, 0.25) is 0 Å². The molecule has 2 aromatic rings. The molecule has 0 aromatic heterocycles. The molecule has 2 saturated heterocycles. The Morgan fingerprint density at radius 2 is 1.50 bits per heavy atom. The van der Waals surface area contributed by atoms with Crippen LogP contribution < -0.4 is 4.74 Å². The number of nitrogens with zero attached hydrogens (tertiary/aromatic N) is 2. The lowest BCUT2D eigenvalue weighted by molar-refractivity contribution is -0.136. The normalized spacial score (nSPS) is 20.8. The molecule has 2 fully saturated rings. The third-order valence-corrected chi connectivity index (χ3v) is 6.72. The van der Waals surface area contributed by atoms with Gasteiger partial charge in [-0.15, -0.1) is 0 Å². The largest absolute Gasteiger partial charge is 0.493 e. The molecule has 182 valence electrons. The second-order valence-corrected chi connectivity index (χ2v) is 9.29. The first-order valence-corrected chi connectivity index (χ1v) is 11.8. The van der Waals surface area contributed by atoms with Gasteiger partial charge >= 0.3 is 0 Å². The first-order valence-electron chi connectivity index (χ1n) is 11.8. The minimum absolute atomic E-state index is 0.00576. The molecule has 34 heavy (non-hydrogen) atoms. The van der Waals surface area contributed by atoms with Crippen molar-refractivity contribution in [2.45, 2.75) is 38.5 Å². The van der Waals surface area contributed by atoms with Crippen molar-refractivity contribution in [3.05, 3.63) is 65.5 Å². The van der Waals surface area contributed by atoms with Gasteiger partial charge in [0.2, 0.25) is 5.91 Å². The van der Waals surface area contributed by atoms with Gasteiger partial charge in [-0.1, -0.05) is 6.07 Å². The van der Waals surface area contributed by atoms with Crippen LogP contribution in [0.5, 0.6) is 5.75 Å². The molecule has 0 N–H and O–H groups in total. The van der Waals surface area contributed by atoms with Crippen molar-refractivity contribution in [1.82, 2.24) is 9.80 Å². The Hall–Kier alpha value is -3.03. The maximum atomic E-state index is 14.3. The van der Waals surface area contributed by atoms with Gasteiger partial charge < -0.3 is 14.5 Å². The van der Waals surface area contributed by atoms with Crippen molar-refractivity contribution in [2.24, 2.45) is 5.41 Å². The molecular weight excluding hydrogens is 445 g/mol. The summed E-state index contributed by atoms with van der Waals surface area (Å²) in [7, 11) is 0. The van der Waals surface area contributed by atoms with E-state index in [1.165, 1.54) is 35.2 Å². The van der Waals surface area contributed by atoms with Crippen LogP contribution in [0.15, 0.2) is 42.5 Å². The van der Waals surface area contributed by atoms with E-state index in [4.69, 9.17) is 4.74 Å². The number of carbonyl (C=O) groups excluding carboxylic acids is 2. The van der Waals surface area contributed by atoms with Crippen LogP contribution in [-0.4, -0.2) is 54.4 Å². The summed E-state index contributed by atoms with van der Waals surface area (Å²) in [6.07, 6.45) is 4.37. The van der Waals surface area contributed by atoms with Crippen molar-refractivity contribution in [1.29, 1.82) is 0 Å². The predicted molar refractivity (Wildman–Crippen MR) is 121 cm³/mol. The Balaban J connectivity index is 1.56. The highest BCUT2D eigenvalue weighted by Crippen LogP contribution is 2.36. The van der Waals surface area contributed by atoms with Gasteiger partial charge in [0, 0.05) is 38.0 Å². The maximum Gasteiger partial charge on any atom is 0.259 e. The standard InChI is InChI=1S/C26H29F3N2O3/c27-19-8-10-20(11-9-19)34-18-26(16-23(32)30-13-2-1-3-14-30)12-5-15-31(17-26)25(33)24-21(28)6-4-7-22(24)29/h4,6-11H,1-3,5,12-18H2/t26-/m1/s1. The van der Waals surface area contributed by atoms with Gasteiger partial charge in [-0.2, -0.15) is 0 Å². The summed E-state index contributed by atoms with van der Waals surface area (Å²) in [5.74, 6) is -2.49. The molecule has 2 heterocycles. The monoisotopic (exact) mass is 474 g/mol. The van der Waals surface area contributed by atoms with E-state index in [2.05, 4.69) is 0 Å². The number of benzene rings is 2. The van der Waals surface area contributed by atoms with Crippen LogP contribution in [0.3, 0.4) is 0 Å². The molecule has 5 nitrogen and oxygen atoms in total. The molecule has 4 rings (SSSR count). The van der Waals surface area contributed by atoms with Crippen molar-refractivity contribution in [3.63, 3.8) is 0 Å². The zero-order chi connectivity index (χ0) is 24.1. The van der Waals surface area contributed by atoms with E-state index in [1.54, 1.807) is 0 Å². The second-order valence-electron chi connectivity index (χ2n) is 9.29. The maximum absolute atomic E-state index is 14.3. The third kappa shape index (κ3) is 5.54. The van der Waals surface area contributed by atoms with Crippen molar-refractivity contribution in [2.75, 3.05) is 32.8 Å². The summed E-state index contributed by atoms with van der Waals surface area (Å²) in [6, 6.07) is 8.94. The molecule has 0 unspecified atom stereocenters. The first-order chi connectivity index (χ1) is 16.4. The second kappa shape index (κ2) is 10.5. The van der Waals surface area contributed by atoms with Gasteiger partial charge in [0.05, 0.1) is 6.61 Å². The zero-order valence-electron chi connectivity index (χ0n) is 19.1. The van der Waals surface area contributed by atoms with Gasteiger partial charge in [-0.3, -0.25) is 9.59 Å². The number of rotatable bonds is 6. The van der Waals surface area contributed by atoms with Gasteiger partial charge in [0.15, 0.2) is 0 Å². The molecular formula is C26H29F3N2O3. The molecule has 0 aliphatic carbocycles. The van der Waals surface area contributed by atoms with Crippen molar-refractivity contribution in [3.8, 4) is 5.75 Å². The van der Waals surface area contributed by atoms with Gasteiger partial charge in [0.1, 0.15) is 28.8 Å². The fourth-order valence-corrected chi connectivity index (χ4v) is 4.90. The predicted octanol–water partition coefficient (Wildman–Crippen LogP) is 4.81. The van der Waals surface area contributed by atoms with Crippen molar-refractivity contribution >= 4 is 11.8 Å². The van der Waals surface area contributed by atoms with Crippen LogP contribution in [0.25, 0.3) is 0 Å². The molecule has 2 aliphatic heterocycles. The number of amides is 2. The summed E-state index contributed by atoms with van der Waals surface area (Å²) < 4.78 is 47.8. The molecule has 2 aliphatic rings. The number of hydrogen-bond acceptors (Lipinski definition) is 3. The zero-order valence-corrected chi connectivity index (χ0v) is 19.1. The average molecular weight is 475 g/mol. The van der Waals surface area contributed by atoms with Crippen LogP contribution in [0.4, 0.5) is 13.2 Å². The Labute approximate surface area is 197 Å². The van der Waals surface area contributed by atoms with E-state index < -0.39 is 28.5 Å². The van der Waals surface area contributed by atoms with Crippen LogP contribution in [0.1, 0.15) is 48.9 Å². The van der Waals surface area contributed by atoms with E-state index in [-0.39, 0.29) is 31.3 Å². The first kappa shape index (κ1) is 24.1. The SMILES string of the molecule is O=C(C[C@]1(COc2ccc(F)cc2)CCCN(C(=O)c2c(F)cccc2F)C1)N1CCCCC1. The average Bonchev–Trinajstić information content (AvgIpc) is 2.84. The van der Waals surface area contributed by atoms with Gasteiger partial charge in [0.25, 0.3) is 5.91 Å².